The molecule has 0 atom stereocenters. The molecule has 0 aliphatic carbocycles. The summed E-state index contributed by atoms with van der Waals surface area (Å²) >= 11 is 0. The fourth-order valence-electron chi connectivity index (χ4n) is 3.40. The molecule has 4 aromatic rings. The van der Waals surface area contributed by atoms with Gasteiger partial charge < -0.3 is 9.84 Å². The predicted octanol–water partition coefficient (Wildman–Crippen LogP) is 5.37. The first kappa shape index (κ1) is 22.3. The summed E-state index contributed by atoms with van der Waals surface area (Å²) in [5.41, 5.74) is 2.30. The van der Waals surface area contributed by atoms with E-state index in [9.17, 15) is 13.6 Å². The Morgan fingerprint density at radius 1 is 1.06 bits per heavy atom. The summed E-state index contributed by atoms with van der Waals surface area (Å²) in [5, 5.41) is 11.1. The highest BCUT2D eigenvalue weighted by atomic mass is 19.1. The topological polar surface area (TPSA) is 85.8 Å². The van der Waals surface area contributed by atoms with Crippen LogP contribution >= 0.6 is 0 Å². The summed E-state index contributed by atoms with van der Waals surface area (Å²) in [6, 6.07) is 10.2. The number of rotatable bonds is 4. The van der Waals surface area contributed by atoms with Crippen LogP contribution in [0.3, 0.4) is 0 Å². The molecule has 4 rings (SSSR count). The minimum absolute atomic E-state index is 0.0649. The highest BCUT2D eigenvalue weighted by Gasteiger charge is 2.23. The Labute approximate surface area is 189 Å². The zero-order valence-electron chi connectivity index (χ0n) is 18.9. The third-order valence-electron chi connectivity index (χ3n) is 5.12. The average molecular weight is 451 g/mol. The van der Waals surface area contributed by atoms with Crippen LogP contribution in [-0.4, -0.2) is 25.8 Å². The number of anilines is 1. The highest BCUT2D eigenvalue weighted by molar-refractivity contribution is 6.06. The van der Waals surface area contributed by atoms with E-state index in [1.807, 2.05) is 20.8 Å². The van der Waals surface area contributed by atoms with Gasteiger partial charge in [0.15, 0.2) is 5.82 Å². The molecule has 0 radical (unpaired) electrons. The number of benzene rings is 2. The Hall–Kier alpha value is -3.88. The van der Waals surface area contributed by atoms with Gasteiger partial charge in [-0.3, -0.25) is 4.79 Å². The fraction of sp³-hybridized carbons (Fsp3) is 0.250. The summed E-state index contributed by atoms with van der Waals surface area (Å²) < 4.78 is 34.1. The van der Waals surface area contributed by atoms with Crippen molar-refractivity contribution in [3.8, 4) is 17.1 Å². The molecule has 0 aliphatic heterocycles. The van der Waals surface area contributed by atoms with Gasteiger partial charge >= 0.3 is 0 Å². The molecule has 1 amide bonds. The standard InChI is InChI=1S/C24H23F2N5O2/c1-13-20(14(2)31(29-13)19-11-8-16(25)12-18(19)26)22(32)27-17-9-6-15(7-10-17)21-28-23(33-30-21)24(3,4)5/h6-12H,1-5H3,(H,27,32). The number of aromatic nitrogens is 4. The van der Waals surface area contributed by atoms with Crippen LogP contribution in [0.5, 0.6) is 0 Å². The second-order valence-electron chi connectivity index (χ2n) is 8.76. The molecular weight excluding hydrogens is 428 g/mol. The maximum Gasteiger partial charge on any atom is 0.259 e. The zero-order valence-corrected chi connectivity index (χ0v) is 18.9. The SMILES string of the molecule is Cc1nn(-c2ccc(F)cc2F)c(C)c1C(=O)Nc1ccc(-c2noc(C(C)(C)C)n2)cc1. The number of halogens is 2. The molecule has 1 N–H and O–H groups in total. The molecule has 0 bridgehead atoms. The fourth-order valence-corrected chi connectivity index (χ4v) is 3.40. The summed E-state index contributed by atoms with van der Waals surface area (Å²) in [5.74, 6) is -0.836. The maximum absolute atomic E-state index is 14.2. The smallest absolute Gasteiger partial charge is 0.259 e. The Morgan fingerprint density at radius 2 is 1.76 bits per heavy atom. The first-order chi connectivity index (χ1) is 15.5. The minimum atomic E-state index is -0.765. The monoisotopic (exact) mass is 451 g/mol. The second kappa shape index (κ2) is 8.23. The largest absolute Gasteiger partial charge is 0.338 e. The Kier molecular flexibility index (Phi) is 5.57. The number of aryl methyl sites for hydroxylation is 1. The molecule has 0 spiro atoms. The third-order valence-corrected chi connectivity index (χ3v) is 5.12. The van der Waals surface area contributed by atoms with E-state index in [0.29, 0.717) is 34.4 Å². The van der Waals surface area contributed by atoms with Crippen LogP contribution in [0.15, 0.2) is 47.0 Å². The van der Waals surface area contributed by atoms with Crippen molar-refractivity contribution in [1.29, 1.82) is 0 Å². The first-order valence-corrected chi connectivity index (χ1v) is 10.3. The summed E-state index contributed by atoms with van der Waals surface area (Å²) in [6.45, 7) is 9.27. The molecule has 0 saturated heterocycles. The molecule has 170 valence electrons. The van der Waals surface area contributed by atoms with Crippen LogP contribution in [0.4, 0.5) is 14.5 Å². The van der Waals surface area contributed by atoms with Crippen molar-refractivity contribution in [3.63, 3.8) is 0 Å². The molecule has 33 heavy (non-hydrogen) atoms. The van der Waals surface area contributed by atoms with Gasteiger partial charge in [-0.15, -0.1) is 0 Å². The number of carbonyl (C=O) groups excluding carboxylic acids is 1. The number of carbonyl (C=O) groups is 1. The van der Waals surface area contributed by atoms with Crippen LogP contribution < -0.4 is 5.32 Å². The molecule has 0 saturated carbocycles. The van der Waals surface area contributed by atoms with E-state index in [4.69, 9.17) is 4.52 Å². The van der Waals surface area contributed by atoms with Crippen LogP contribution in [0.25, 0.3) is 17.1 Å². The van der Waals surface area contributed by atoms with Crippen molar-refractivity contribution in [3.05, 3.63) is 76.9 Å². The highest BCUT2D eigenvalue weighted by Crippen LogP contribution is 2.26. The lowest BCUT2D eigenvalue weighted by atomic mass is 9.97. The Bertz CT molecular complexity index is 1330. The van der Waals surface area contributed by atoms with Gasteiger partial charge in [-0.1, -0.05) is 25.9 Å². The molecule has 2 aromatic carbocycles. The quantitative estimate of drug-likeness (QED) is 0.451. The van der Waals surface area contributed by atoms with Gasteiger partial charge in [0.1, 0.15) is 11.5 Å². The third kappa shape index (κ3) is 4.39. The van der Waals surface area contributed by atoms with E-state index in [1.165, 1.54) is 10.7 Å². The molecule has 0 fully saturated rings. The second-order valence-corrected chi connectivity index (χ2v) is 8.76. The van der Waals surface area contributed by atoms with Crippen molar-refractivity contribution in [2.75, 3.05) is 5.32 Å². The molecular formula is C24H23F2N5O2. The molecule has 0 aliphatic rings. The Balaban J connectivity index is 1.55. The van der Waals surface area contributed by atoms with E-state index < -0.39 is 11.6 Å². The number of nitrogens with zero attached hydrogens (tertiary/aromatic N) is 4. The summed E-state index contributed by atoms with van der Waals surface area (Å²) in [7, 11) is 0. The number of hydrogen-bond donors (Lipinski definition) is 1. The van der Waals surface area contributed by atoms with Gasteiger partial charge in [-0.2, -0.15) is 10.1 Å². The Morgan fingerprint density at radius 3 is 2.36 bits per heavy atom. The molecule has 9 heteroatoms. The van der Waals surface area contributed by atoms with Crippen molar-refractivity contribution < 1.29 is 18.1 Å². The normalized spacial score (nSPS) is 11.6. The van der Waals surface area contributed by atoms with Gasteiger partial charge in [0.25, 0.3) is 5.91 Å². The first-order valence-electron chi connectivity index (χ1n) is 10.3. The number of hydrogen-bond acceptors (Lipinski definition) is 5. The van der Waals surface area contributed by atoms with Gasteiger partial charge in [0.05, 0.1) is 17.0 Å². The van der Waals surface area contributed by atoms with Gasteiger partial charge in [0.2, 0.25) is 11.7 Å². The number of amides is 1. The lowest BCUT2D eigenvalue weighted by Crippen LogP contribution is -2.14. The van der Waals surface area contributed by atoms with Gasteiger partial charge in [-0.05, 0) is 50.2 Å². The van der Waals surface area contributed by atoms with Crippen molar-refractivity contribution >= 4 is 11.6 Å². The van der Waals surface area contributed by atoms with Gasteiger partial charge in [0, 0.05) is 22.7 Å². The van der Waals surface area contributed by atoms with Crippen molar-refractivity contribution in [2.24, 2.45) is 0 Å². The van der Waals surface area contributed by atoms with Crippen LogP contribution in [0, 0.1) is 25.5 Å². The predicted molar refractivity (Wildman–Crippen MR) is 119 cm³/mol. The number of nitrogens with one attached hydrogen (secondary N) is 1. The van der Waals surface area contributed by atoms with Crippen LogP contribution in [0.2, 0.25) is 0 Å². The van der Waals surface area contributed by atoms with Crippen molar-refractivity contribution in [1.82, 2.24) is 19.9 Å². The van der Waals surface area contributed by atoms with E-state index in [2.05, 4.69) is 20.6 Å². The molecule has 2 aromatic heterocycles. The van der Waals surface area contributed by atoms with Gasteiger partial charge in [-0.25, -0.2) is 13.5 Å². The zero-order chi connectivity index (χ0) is 23.9. The molecule has 7 nitrogen and oxygen atoms in total. The van der Waals surface area contributed by atoms with E-state index >= 15 is 0 Å². The summed E-state index contributed by atoms with van der Waals surface area (Å²) in [4.78, 5) is 17.4. The van der Waals surface area contributed by atoms with E-state index in [1.54, 1.807) is 38.1 Å². The van der Waals surface area contributed by atoms with Crippen LogP contribution in [0.1, 0.15) is 48.4 Å². The molecule has 2 heterocycles. The lowest BCUT2D eigenvalue weighted by Gasteiger charge is -2.10. The van der Waals surface area contributed by atoms with Crippen LogP contribution in [-0.2, 0) is 5.41 Å². The molecule has 0 unspecified atom stereocenters. The summed E-state index contributed by atoms with van der Waals surface area (Å²) in [6.07, 6.45) is 0. The van der Waals surface area contributed by atoms with E-state index in [0.717, 1.165) is 17.7 Å². The van der Waals surface area contributed by atoms with E-state index in [-0.39, 0.29) is 17.0 Å². The average Bonchev–Trinajstić information content (AvgIpc) is 3.34. The maximum atomic E-state index is 14.2. The lowest BCUT2D eigenvalue weighted by molar-refractivity contribution is 0.102. The van der Waals surface area contributed by atoms with Crippen molar-refractivity contribution in [2.45, 2.75) is 40.0 Å². The minimum Gasteiger partial charge on any atom is -0.338 e.